The van der Waals surface area contributed by atoms with Crippen molar-refractivity contribution in [2.45, 2.75) is 39.0 Å². The summed E-state index contributed by atoms with van der Waals surface area (Å²) in [5.41, 5.74) is 5.22. The predicted octanol–water partition coefficient (Wildman–Crippen LogP) is 4.54. The molecular weight excluding hydrogens is 386 g/mol. The number of hydrogen-bond acceptors (Lipinski definition) is 4. The molecule has 1 aliphatic heterocycles. The number of carboxylic acid groups (broad SMARTS) is 1. The second-order valence-corrected chi connectivity index (χ2v) is 8.47. The van der Waals surface area contributed by atoms with Crippen molar-refractivity contribution in [3.05, 3.63) is 89.7 Å². The first-order valence-corrected chi connectivity index (χ1v) is 10.8. The maximum atomic E-state index is 11.1. The van der Waals surface area contributed by atoms with Crippen molar-refractivity contribution in [3.63, 3.8) is 0 Å². The predicted molar refractivity (Wildman–Crippen MR) is 123 cm³/mol. The van der Waals surface area contributed by atoms with Gasteiger partial charge in [0.25, 0.3) is 0 Å². The van der Waals surface area contributed by atoms with Crippen LogP contribution in [0.3, 0.4) is 0 Å². The molecule has 1 aromatic heterocycles. The zero-order valence-electron chi connectivity index (χ0n) is 18.1. The maximum Gasteiger partial charge on any atom is 0.335 e. The number of nitrogens with zero attached hydrogens (tertiary/aromatic N) is 3. The Labute approximate surface area is 184 Å². The first-order chi connectivity index (χ1) is 15.0. The van der Waals surface area contributed by atoms with E-state index < -0.39 is 5.97 Å². The minimum absolute atomic E-state index is 0.335. The monoisotopic (exact) mass is 415 g/mol. The fourth-order valence-corrected chi connectivity index (χ4v) is 4.57. The number of aromatic nitrogens is 1. The third-order valence-electron chi connectivity index (χ3n) is 6.13. The quantitative estimate of drug-likeness (QED) is 0.640. The number of carbonyl (C=O) groups is 1. The van der Waals surface area contributed by atoms with Crippen LogP contribution in [-0.4, -0.2) is 51.0 Å². The summed E-state index contributed by atoms with van der Waals surface area (Å²) in [6.07, 6.45) is 3.74. The van der Waals surface area contributed by atoms with Crippen LogP contribution < -0.4 is 0 Å². The van der Waals surface area contributed by atoms with Gasteiger partial charge in [0.2, 0.25) is 0 Å². The third kappa shape index (κ3) is 5.01. The minimum Gasteiger partial charge on any atom is -0.478 e. The van der Waals surface area contributed by atoms with Crippen LogP contribution >= 0.6 is 0 Å². The SMILES string of the molecule is C[C@@H]1CN(Cc2ccccc2-c2cccnc2)C[C@H](C)N1Cc1ccc(C(=O)O)cc1. The van der Waals surface area contributed by atoms with E-state index in [9.17, 15) is 4.79 Å². The van der Waals surface area contributed by atoms with Gasteiger partial charge in [-0.2, -0.15) is 0 Å². The lowest BCUT2D eigenvalue weighted by Gasteiger charge is -2.44. The van der Waals surface area contributed by atoms with Gasteiger partial charge >= 0.3 is 5.97 Å². The summed E-state index contributed by atoms with van der Waals surface area (Å²) < 4.78 is 0. The van der Waals surface area contributed by atoms with Crippen LogP contribution in [0.2, 0.25) is 0 Å². The Bertz CT molecular complexity index is 1010. The van der Waals surface area contributed by atoms with Crippen molar-refractivity contribution >= 4 is 5.97 Å². The van der Waals surface area contributed by atoms with E-state index >= 15 is 0 Å². The molecule has 1 N–H and O–H groups in total. The Balaban J connectivity index is 1.44. The molecular formula is C26H29N3O2. The van der Waals surface area contributed by atoms with Crippen LogP contribution in [0, 0.1) is 0 Å². The van der Waals surface area contributed by atoms with Crippen molar-refractivity contribution in [2.24, 2.45) is 0 Å². The average Bonchev–Trinajstić information content (AvgIpc) is 2.77. The summed E-state index contributed by atoms with van der Waals surface area (Å²) in [4.78, 5) is 20.4. The van der Waals surface area contributed by atoms with Crippen molar-refractivity contribution in [3.8, 4) is 11.1 Å². The summed E-state index contributed by atoms with van der Waals surface area (Å²) >= 11 is 0. The van der Waals surface area contributed by atoms with Crippen LogP contribution in [0.5, 0.6) is 0 Å². The first-order valence-electron chi connectivity index (χ1n) is 10.8. The molecule has 160 valence electrons. The highest BCUT2D eigenvalue weighted by atomic mass is 16.4. The fraction of sp³-hybridized carbons (Fsp3) is 0.308. The van der Waals surface area contributed by atoms with Gasteiger partial charge in [-0.15, -0.1) is 0 Å². The zero-order chi connectivity index (χ0) is 21.8. The van der Waals surface area contributed by atoms with Gasteiger partial charge in [0.1, 0.15) is 0 Å². The first kappa shape index (κ1) is 21.2. The highest BCUT2D eigenvalue weighted by molar-refractivity contribution is 5.87. The molecule has 0 amide bonds. The number of aromatic carboxylic acids is 1. The lowest BCUT2D eigenvalue weighted by molar-refractivity contribution is 0.0291. The Morgan fingerprint density at radius 3 is 2.32 bits per heavy atom. The van der Waals surface area contributed by atoms with Crippen LogP contribution in [0.25, 0.3) is 11.1 Å². The van der Waals surface area contributed by atoms with Gasteiger partial charge in [-0.05, 0) is 48.7 Å². The molecule has 0 bridgehead atoms. The van der Waals surface area contributed by atoms with Crippen LogP contribution in [0.1, 0.15) is 35.3 Å². The highest BCUT2D eigenvalue weighted by Gasteiger charge is 2.29. The summed E-state index contributed by atoms with van der Waals surface area (Å²) in [6.45, 7) is 8.31. The van der Waals surface area contributed by atoms with E-state index in [1.165, 1.54) is 11.1 Å². The summed E-state index contributed by atoms with van der Waals surface area (Å²) in [6, 6.07) is 20.8. The normalized spacial score (nSPS) is 19.9. The fourth-order valence-electron chi connectivity index (χ4n) is 4.57. The zero-order valence-corrected chi connectivity index (χ0v) is 18.1. The van der Waals surface area contributed by atoms with Crippen LogP contribution in [-0.2, 0) is 13.1 Å². The average molecular weight is 416 g/mol. The summed E-state index contributed by atoms with van der Waals surface area (Å²) in [7, 11) is 0. The molecule has 2 aromatic carbocycles. The molecule has 5 heteroatoms. The molecule has 2 atom stereocenters. The van der Waals surface area contributed by atoms with Gasteiger partial charge in [0.05, 0.1) is 5.56 Å². The smallest absolute Gasteiger partial charge is 0.335 e. The molecule has 1 aliphatic rings. The molecule has 4 rings (SSSR count). The van der Waals surface area contributed by atoms with E-state index in [-0.39, 0.29) is 0 Å². The molecule has 5 nitrogen and oxygen atoms in total. The van der Waals surface area contributed by atoms with Gasteiger partial charge in [0, 0.05) is 56.2 Å². The Morgan fingerprint density at radius 2 is 1.68 bits per heavy atom. The molecule has 1 saturated heterocycles. The minimum atomic E-state index is -0.881. The van der Waals surface area contributed by atoms with Crippen molar-refractivity contribution in [2.75, 3.05) is 13.1 Å². The Kier molecular flexibility index (Phi) is 6.44. The van der Waals surface area contributed by atoms with Gasteiger partial charge < -0.3 is 5.11 Å². The van der Waals surface area contributed by atoms with Crippen LogP contribution in [0.15, 0.2) is 73.1 Å². The maximum absolute atomic E-state index is 11.1. The second-order valence-electron chi connectivity index (χ2n) is 8.47. The molecule has 3 aromatic rings. The van der Waals surface area contributed by atoms with E-state index in [1.807, 2.05) is 30.6 Å². The van der Waals surface area contributed by atoms with Crippen molar-refractivity contribution in [1.29, 1.82) is 0 Å². The van der Waals surface area contributed by atoms with E-state index in [0.717, 1.165) is 37.3 Å². The molecule has 0 unspecified atom stereocenters. The van der Waals surface area contributed by atoms with Gasteiger partial charge in [0.15, 0.2) is 0 Å². The molecule has 2 heterocycles. The number of hydrogen-bond donors (Lipinski definition) is 1. The second kappa shape index (κ2) is 9.41. The largest absolute Gasteiger partial charge is 0.478 e. The third-order valence-corrected chi connectivity index (χ3v) is 6.13. The van der Waals surface area contributed by atoms with Crippen molar-refractivity contribution < 1.29 is 9.90 Å². The van der Waals surface area contributed by atoms with Crippen molar-refractivity contribution in [1.82, 2.24) is 14.8 Å². The van der Waals surface area contributed by atoms with Gasteiger partial charge in [-0.1, -0.05) is 42.5 Å². The molecule has 1 fully saturated rings. The summed E-state index contributed by atoms with van der Waals surface area (Å²) in [5.74, 6) is -0.881. The molecule has 0 aliphatic carbocycles. The standard InChI is InChI=1S/C26H29N3O2/c1-19-15-28(18-24-6-3-4-8-25(24)23-7-5-13-27-14-23)16-20(2)29(19)17-21-9-11-22(12-10-21)26(30)31/h3-14,19-20H,15-18H2,1-2H3,(H,30,31)/t19-,20+. The van der Waals surface area contributed by atoms with E-state index in [2.05, 4.69) is 59.0 Å². The number of benzene rings is 2. The number of rotatable bonds is 6. The Hall–Kier alpha value is -3.02. The lowest BCUT2D eigenvalue weighted by atomic mass is 9.99. The van der Waals surface area contributed by atoms with E-state index in [4.69, 9.17) is 5.11 Å². The number of carboxylic acids is 1. The van der Waals surface area contributed by atoms with E-state index in [1.54, 1.807) is 12.1 Å². The van der Waals surface area contributed by atoms with Crippen LogP contribution in [0.4, 0.5) is 0 Å². The summed E-state index contributed by atoms with van der Waals surface area (Å²) in [5, 5.41) is 9.10. The highest BCUT2D eigenvalue weighted by Crippen LogP contribution is 2.26. The molecule has 0 saturated carbocycles. The molecule has 0 radical (unpaired) electrons. The topological polar surface area (TPSA) is 56.7 Å². The molecule has 31 heavy (non-hydrogen) atoms. The van der Waals surface area contributed by atoms with Gasteiger partial charge in [-0.25, -0.2) is 4.79 Å². The van der Waals surface area contributed by atoms with Gasteiger partial charge in [-0.3, -0.25) is 14.8 Å². The number of piperazine rings is 1. The van der Waals surface area contributed by atoms with E-state index in [0.29, 0.717) is 17.6 Å². The molecule has 0 spiro atoms. The number of pyridine rings is 1. The Morgan fingerprint density at radius 1 is 0.968 bits per heavy atom. The lowest BCUT2D eigenvalue weighted by Crippen LogP contribution is -2.55.